The molecule has 0 heterocycles. The van der Waals surface area contributed by atoms with Crippen molar-refractivity contribution in [2.24, 2.45) is 10.2 Å². The van der Waals surface area contributed by atoms with Crippen LogP contribution >= 0.6 is 0 Å². The second kappa shape index (κ2) is 4.05. The average Bonchev–Trinajstić information content (AvgIpc) is 1.83. The van der Waals surface area contributed by atoms with E-state index in [4.69, 9.17) is 0 Å². The molecule has 0 unspecified atom stereocenters. The fraction of sp³-hybridized carbons (Fsp3) is 0.857. The van der Waals surface area contributed by atoms with Crippen LogP contribution in [-0.2, 0) is 4.74 Å². The number of carbonyl (C=O) groups excluding carboxylic acids is 1. The van der Waals surface area contributed by atoms with E-state index in [2.05, 4.69) is 15.0 Å². The lowest BCUT2D eigenvalue weighted by Crippen LogP contribution is -2.09. The molecular formula is C7H14N2O2. The van der Waals surface area contributed by atoms with Crippen molar-refractivity contribution in [1.29, 1.82) is 0 Å². The van der Waals surface area contributed by atoms with Gasteiger partial charge in [0.05, 0.1) is 12.1 Å². The van der Waals surface area contributed by atoms with E-state index in [-0.39, 0.29) is 5.54 Å². The van der Waals surface area contributed by atoms with Crippen molar-refractivity contribution < 1.29 is 9.53 Å². The molecule has 11 heavy (non-hydrogen) atoms. The zero-order chi connectivity index (χ0) is 8.91. The van der Waals surface area contributed by atoms with Crippen LogP contribution in [0.4, 0.5) is 4.79 Å². The zero-order valence-electron chi connectivity index (χ0n) is 7.42. The SMILES string of the molecule is CCOC(=O)N=NC(C)(C)C. The van der Waals surface area contributed by atoms with Gasteiger partial charge in [-0.05, 0) is 27.7 Å². The van der Waals surface area contributed by atoms with Gasteiger partial charge in [-0.25, -0.2) is 4.79 Å². The third-order valence-corrected chi connectivity index (χ3v) is 0.699. The molecule has 0 aliphatic heterocycles. The maximum atomic E-state index is 10.6. The Hall–Kier alpha value is -0.930. The molecule has 0 N–H and O–H groups in total. The van der Waals surface area contributed by atoms with Crippen molar-refractivity contribution in [3.05, 3.63) is 0 Å². The van der Waals surface area contributed by atoms with Crippen LogP contribution in [0.2, 0.25) is 0 Å². The monoisotopic (exact) mass is 158 g/mol. The summed E-state index contributed by atoms with van der Waals surface area (Å²) in [5.41, 5.74) is -0.313. The highest BCUT2D eigenvalue weighted by Gasteiger charge is 2.08. The van der Waals surface area contributed by atoms with Crippen LogP contribution in [-0.4, -0.2) is 18.2 Å². The van der Waals surface area contributed by atoms with Crippen molar-refractivity contribution in [3.8, 4) is 0 Å². The van der Waals surface area contributed by atoms with Crippen LogP contribution in [0.15, 0.2) is 10.2 Å². The van der Waals surface area contributed by atoms with Gasteiger partial charge in [-0.2, -0.15) is 5.11 Å². The number of nitrogens with zero attached hydrogens (tertiary/aromatic N) is 2. The summed E-state index contributed by atoms with van der Waals surface area (Å²) >= 11 is 0. The molecule has 4 heteroatoms. The molecule has 4 nitrogen and oxygen atoms in total. The average molecular weight is 158 g/mol. The van der Waals surface area contributed by atoms with Gasteiger partial charge in [0.25, 0.3) is 0 Å². The predicted molar refractivity (Wildman–Crippen MR) is 41.6 cm³/mol. The largest absolute Gasteiger partial charge is 0.452 e. The first-order valence-electron chi connectivity index (χ1n) is 3.55. The Labute approximate surface area is 66.7 Å². The maximum Gasteiger partial charge on any atom is 0.452 e. The summed E-state index contributed by atoms with van der Waals surface area (Å²) < 4.78 is 4.54. The Kier molecular flexibility index (Phi) is 3.71. The molecule has 0 bridgehead atoms. The van der Waals surface area contributed by atoms with E-state index in [1.807, 2.05) is 20.8 Å². The molecule has 0 fully saturated rings. The predicted octanol–water partition coefficient (Wildman–Crippen LogP) is 2.39. The number of hydrogen-bond donors (Lipinski definition) is 0. The van der Waals surface area contributed by atoms with Crippen molar-refractivity contribution in [3.63, 3.8) is 0 Å². The normalized spacial score (nSPS) is 12.0. The third-order valence-electron chi connectivity index (χ3n) is 0.699. The van der Waals surface area contributed by atoms with Crippen LogP contribution < -0.4 is 0 Å². The second-order valence-corrected chi connectivity index (χ2v) is 3.07. The lowest BCUT2D eigenvalue weighted by Gasteiger charge is -2.07. The fourth-order valence-electron chi connectivity index (χ4n) is 0.343. The highest BCUT2D eigenvalue weighted by Crippen LogP contribution is 2.06. The highest BCUT2D eigenvalue weighted by atomic mass is 16.5. The summed E-state index contributed by atoms with van der Waals surface area (Å²) in [7, 11) is 0. The molecule has 0 radical (unpaired) electrons. The van der Waals surface area contributed by atoms with Crippen LogP contribution in [0.5, 0.6) is 0 Å². The van der Waals surface area contributed by atoms with E-state index in [1.54, 1.807) is 6.92 Å². The smallest absolute Gasteiger partial charge is 0.447 e. The quantitative estimate of drug-likeness (QED) is 0.550. The molecule has 0 aliphatic rings. The molecule has 0 rings (SSSR count). The van der Waals surface area contributed by atoms with Crippen molar-refractivity contribution >= 4 is 6.09 Å². The summed E-state index contributed by atoms with van der Waals surface area (Å²) in [5.74, 6) is 0. The summed E-state index contributed by atoms with van der Waals surface area (Å²) in [6.45, 7) is 7.63. The third kappa shape index (κ3) is 6.96. The molecule has 64 valence electrons. The van der Waals surface area contributed by atoms with Gasteiger partial charge in [-0.15, -0.1) is 0 Å². The van der Waals surface area contributed by atoms with Crippen LogP contribution in [0.3, 0.4) is 0 Å². The Morgan fingerprint density at radius 3 is 2.36 bits per heavy atom. The number of ether oxygens (including phenoxy) is 1. The topological polar surface area (TPSA) is 51.0 Å². The minimum Gasteiger partial charge on any atom is -0.447 e. The Balaban J connectivity index is 3.83. The first-order chi connectivity index (χ1) is 4.95. The Morgan fingerprint density at radius 1 is 1.45 bits per heavy atom. The lowest BCUT2D eigenvalue weighted by atomic mass is 10.1. The van der Waals surface area contributed by atoms with Gasteiger partial charge >= 0.3 is 6.09 Å². The van der Waals surface area contributed by atoms with Gasteiger partial charge in [-0.3, -0.25) is 0 Å². The summed E-state index contributed by atoms with van der Waals surface area (Å²) in [6, 6.07) is 0. The fourth-order valence-corrected chi connectivity index (χ4v) is 0.343. The molecule has 1 amide bonds. The van der Waals surface area contributed by atoms with Crippen LogP contribution in [0.25, 0.3) is 0 Å². The van der Waals surface area contributed by atoms with E-state index < -0.39 is 6.09 Å². The number of hydrogen-bond acceptors (Lipinski definition) is 3. The van der Waals surface area contributed by atoms with Gasteiger partial charge < -0.3 is 4.74 Å². The number of amides is 1. The lowest BCUT2D eigenvalue weighted by molar-refractivity contribution is 0.160. The van der Waals surface area contributed by atoms with Gasteiger partial charge in [0.1, 0.15) is 0 Å². The van der Waals surface area contributed by atoms with Crippen molar-refractivity contribution in [1.82, 2.24) is 0 Å². The zero-order valence-corrected chi connectivity index (χ0v) is 7.42. The molecule has 0 saturated carbocycles. The maximum absolute atomic E-state index is 10.6. The van der Waals surface area contributed by atoms with Crippen LogP contribution in [0, 0.1) is 0 Å². The molecule has 0 aliphatic carbocycles. The molecule has 0 atom stereocenters. The minimum absolute atomic E-state index is 0.313. The molecular weight excluding hydrogens is 144 g/mol. The first kappa shape index (κ1) is 10.1. The number of rotatable bonds is 1. The number of carbonyl (C=O) groups is 1. The molecule has 0 aromatic rings. The van der Waals surface area contributed by atoms with E-state index in [1.165, 1.54) is 0 Å². The standard InChI is InChI=1S/C7H14N2O2/c1-5-11-6(10)8-9-7(2,3)4/h5H2,1-4H3. The second-order valence-electron chi connectivity index (χ2n) is 3.07. The van der Waals surface area contributed by atoms with E-state index >= 15 is 0 Å². The molecule has 0 saturated heterocycles. The summed E-state index contributed by atoms with van der Waals surface area (Å²) in [4.78, 5) is 10.6. The first-order valence-corrected chi connectivity index (χ1v) is 3.55. The Bertz CT molecular complexity index is 158. The van der Waals surface area contributed by atoms with Crippen molar-refractivity contribution in [2.45, 2.75) is 33.2 Å². The van der Waals surface area contributed by atoms with Gasteiger partial charge in [0.15, 0.2) is 0 Å². The van der Waals surface area contributed by atoms with E-state index in [0.29, 0.717) is 6.61 Å². The van der Waals surface area contributed by atoms with Gasteiger partial charge in [-0.1, -0.05) is 5.11 Å². The van der Waals surface area contributed by atoms with Gasteiger partial charge in [0.2, 0.25) is 0 Å². The number of azo groups is 1. The van der Waals surface area contributed by atoms with Crippen LogP contribution in [0.1, 0.15) is 27.7 Å². The van der Waals surface area contributed by atoms with E-state index in [9.17, 15) is 4.79 Å². The molecule has 0 aromatic heterocycles. The minimum atomic E-state index is -0.623. The summed E-state index contributed by atoms with van der Waals surface area (Å²) in [5, 5.41) is 7.07. The van der Waals surface area contributed by atoms with Gasteiger partial charge in [0, 0.05) is 0 Å². The van der Waals surface area contributed by atoms with Crippen molar-refractivity contribution in [2.75, 3.05) is 6.61 Å². The highest BCUT2D eigenvalue weighted by molar-refractivity contribution is 5.67. The van der Waals surface area contributed by atoms with E-state index in [0.717, 1.165) is 0 Å². The molecule has 0 aromatic carbocycles. The summed E-state index contributed by atoms with van der Waals surface area (Å²) in [6.07, 6.45) is -0.623. The Morgan fingerprint density at radius 2 is 2.00 bits per heavy atom. The molecule has 0 spiro atoms.